The molecule has 1 aromatic heterocycles. The third-order valence-corrected chi connectivity index (χ3v) is 3.47. The molecule has 0 unspecified atom stereocenters. The molecule has 1 amide bonds. The highest BCUT2D eigenvalue weighted by atomic mass is 16.1. The number of nitrogens with one attached hydrogen (secondary N) is 2. The van der Waals surface area contributed by atoms with Crippen LogP contribution in [-0.2, 0) is 0 Å². The number of aryl methyl sites for hydroxylation is 1. The van der Waals surface area contributed by atoms with Crippen molar-refractivity contribution in [2.45, 2.75) is 19.8 Å². The number of hydrogen-bond acceptors (Lipinski definition) is 2. The topological polar surface area (TPSA) is 57.8 Å². The van der Waals surface area contributed by atoms with E-state index in [2.05, 4.69) is 15.5 Å². The first-order chi connectivity index (χ1) is 9.24. The van der Waals surface area contributed by atoms with Gasteiger partial charge in [0.05, 0.1) is 17.5 Å². The van der Waals surface area contributed by atoms with Crippen molar-refractivity contribution in [1.29, 1.82) is 0 Å². The maximum absolute atomic E-state index is 12.1. The lowest BCUT2D eigenvalue weighted by atomic mass is 10.1. The van der Waals surface area contributed by atoms with E-state index in [-0.39, 0.29) is 5.91 Å². The van der Waals surface area contributed by atoms with E-state index in [4.69, 9.17) is 0 Å². The Hall–Kier alpha value is -2.10. The van der Waals surface area contributed by atoms with Crippen LogP contribution in [0, 0.1) is 12.8 Å². The van der Waals surface area contributed by atoms with E-state index < -0.39 is 0 Å². The minimum atomic E-state index is -0.0452. The minimum absolute atomic E-state index is 0.0452. The quantitative estimate of drug-likeness (QED) is 0.882. The standard InChI is InChI=1S/C15H17N3O/c1-10-2-6-12(7-3-10)14-13(9-17-18-14)15(19)16-8-11-4-5-11/h2-3,6-7,9,11H,4-5,8H2,1H3,(H,16,19)(H,17,18). The molecule has 19 heavy (non-hydrogen) atoms. The van der Waals surface area contributed by atoms with Crippen molar-refractivity contribution in [2.24, 2.45) is 5.92 Å². The van der Waals surface area contributed by atoms with Gasteiger partial charge in [0, 0.05) is 12.1 Å². The smallest absolute Gasteiger partial charge is 0.255 e. The Morgan fingerprint density at radius 1 is 1.37 bits per heavy atom. The first-order valence-corrected chi connectivity index (χ1v) is 6.62. The van der Waals surface area contributed by atoms with Crippen LogP contribution in [0.15, 0.2) is 30.5 Å². The largest absolute Gasteiger partial charge is 0.352 e. The zero-order chi connectivity index (χ0) is 13.2. The molecule has 1 saturated carbocycles. The molecule has 1 heterocycles. The first kappa shape index (κ1) is 12.0. The summed E-state index contributed by atoms with van der Waals surface area (Å²) in [4.78, 5) is 12.1. The summed E-state index contributed by atoms with van der Waals surface area (Å²) in [7, 11) is 0. The second-order valence-corrected chi connectivity index (χ2v) is 5.18. The molecule has 0 spiro atoms. The average Bonchev–Trinajstić information content (AvgIpc) is 3.12. The van der Waals surface area contributed by atoms with Gasteiger partial charge in [-0.15, -0.1) is 0 Å². The zero-order valence-corrected chi connectivity index (χ0v) is 10.9. The van der Waals surface area contributed by atoms with Crippen LogP contribution in [0.3, 0.4) is 0 Å². The van der Waals surface area contributed by atoms with Crippen molar-refractivity contribution in [3.05, 3.63) is 41.6 Å². The van der Waals surface area contributed by atoms with Crippen LogP contribution in [0.25, 0.3) is 11.3 Å². The first-order valence-electron chi connectivity index (χ1n) is 6.62. The van der Waals surface area contributed by atoms with Gasteiger partial charge in [-0.1, -0.05) is 29.8 Å². The van der Waals surface area contributed by atoms with Gasteiger partial charge in [0.2, 0.25) is 0 Å². The monoisotopic (exact) mass is 255 g/mol. The molecule has 4 heteroatoms. The Balaban J connectivity index is 1.80. The maximum Gasteiger partial charge on any atom is 0.255 e. The van der Waals surface area contributed by atoms with Crippen molar-refractivity contribution >= 4 is 5.91 Å². The lowest BCUT2D eigenvalue weighted by molar-refractivity contribution is 0.0952. The van der Waals surface area contributed by atoms with Crippen molar-refractivity contribution in [2.75, 3.05) is 6.54 Å². The zero-order valence-electron chi connectivity index (χ0n) is 10.9. The molecule has 0 bridgehead atoms. The predicted octanol–water partition coefficient (Wildman–Crippen LogP) is 2.52. The number of carbonyl (C=O) groups is 1. The van der Waals surface area contributed by atoms with Gasteiger partial charge in [0.25, 0.3) is 5.91 Å². The van der Waals surface area contributed by atoms with Gasteiger partial charge in [0.15, 0.2) is 0 Å². The fourth-order valence-electron chi connectivity index (χ4n) is 2.05. The summed E-state index contributed by atoms with van der Waals surface area (Å²) in [6.07, 6.45) is 4.06. The third kappa shape index (κ3) is 2.67. The number of aromatic nitrogens is 2. The third-order valence-electron chi connectivity index (χ3n) is 3.47. The number of rotatable bonds is 4. The van der Waals surface area contributed by atoms with Crippen molar-refractivity contribution < 1.29 is 4.79 Å². The van der Waals surface area contributed by atoms with E-state index in [1.165, 1.54) is 18.4 Å². The van der Waals surface area contributed by atoms with Crippen LogP contribution in [0.2, 0.25) is 0 Å². The lowest BCUT2D eigenvalue weighted by Crippen LogP contribution is -2.25. The van der Waals surface area contributed by atoms with Gasteiger partial charge in [-0.3, -0.25) is 9.89 Å². The second kappa shape index (κ2) is 4.88. The van der Waals surface area contributed by atoms with E-state index >= 15 is 0 Å². The Morgan fingerprint density at radius 2 is 2.11 bits per heavy atom. The minimum Gasteiger partial charge on any atom is -0.352 e. The molecule has 2 aromatic rings. The van der Waals surface area contributed by atoms with Crippen LogP contribution in [0.5, 0.6) is 0 Å². The van der Waals surface area contributed by atoms with Crippen LogP contribution in [-0.4, -0.2) is 22.6 Å². The Kier molecular flexibility index (Phi) is 3.07. The number of carbonyl (C=O) groups excluding carboxylic acids is 1. The van der Waals surface area contributed by atoms with Crippen molar-refractivity contribution in [3.63, 3.8) is 0 Å². The van der Waals surface area contributed by atoms with Gasteiger partial charge in [-0.05, 0) is 25.7 Å². The van der Waals surface area contributed by atoms with Crippen molar-refractivity contribution in [3.8, 4) is 11.3 Å². The van der Waals surface area contributed by atoms with Crippen LogP contribution >= 0.6 is 0 Å². The Labute approximate surface area is 112 Å². The van der Waals surface area contributed by atoms with Gasteiger partial charge in [0.1, 0.15) is 0 Å². The number of nitrogens with zero attached hydrogens (tertiary/aromatic N) is 1. The number of benzene rings is 1. The molecule has 0 atom stereocenters. The normalized spacial score (nSPS) is 14.4. The molecule has 1 aromatic carbocycles. The summed E-state index contributed by atoms with van der Waals surface area (Å²) >= 11 is 0. The van der Waals surface area contributed by atoms with E-state index in [9.17, 15) is 4.79 Å². The molecule has 3 rings (SSSR count). The summed E-state index contributed by atoms with van der Waals surface area (Å²) in [5.41, 5.74) is 3.58. The number of amides is 1. The van der Waals surface area contributed by atoms with E-state index in [1.807, 2.05) is 31.2 Å². The predicted molar refractivity (Wildman–Crippen MR) is 73.8 cm³/mol. The number of H-pyrrole nitrogens is 1. The van der Waals surface area contributed by atoms with E-state index in [0.717, 1.165) is 17.8 Å². The summed E-state index contributed by atoms with van der Waals surface area (Å²) in [5, 5.41) is 9.88. The summed E-state index contributed by atoms with van der Waals surface area (Å²) in [5.74, 6) is 0.634. The lowest BCUT2D eigenvalue weighted by Gasteiger charge is -2.05. The molecular weight excluding hydrogens is 238 g/mol. The molecule has 4 nitrogen and oxygen atoms in total. The highest BCUT2D eigenvalue weighted by molar-refractivity contribution is 5.99. The van der Waals surface area contributed by atoms with E-state index in [1.54, 1.807) is 6.20 Å². The Bertz CT molecular complexity index is 582. The molecular formula is C15H17N3O. The molecule has 0 aliphatic heterocycles. The van der Waals surface area contributed by atoms with Crippen molar-refractivity contribution in [1.82, 2.24) is 15.5 Å². The maximum atomic E-state index is 12.1. The molecule has 0 saturated heterocycles. The summed E-state index contributed by atoms with van der Waals surface area (Å²) < 4.78 is 0. The molecule has 1 aliphatic carbocycles. The van der Waals surface area contributed by atoms with Gasteiger partial charge < -0.3 is 5.32 Å². The van der Waals surface area contributed by atoms with Crippen LogP contribution in [0.1, 0.15) is 28.8 Å². The molecule has 1 fully saturated rings. The molecule has 2 N–H and O–H groups in total. The highest BCUT2D eigenvalue weighted by Crippen LogP contribution is 2.28. The molecule has 0 radical (unpaired) electrons. The number of aromatic amines is 1. The second-order valence-electron chi connectivity index (χ2n) is 5.18. The molecule has 1 aliphatic rings. The fraction of sp³-hybridized carbons (Fsp3) is 0.333. The summed E-state index contributed by atoms with van der Waals surface area (Å²) in [6, 6.07) is 8.06. The Morgan fingerprint density at radius 3 is 2.79 bits per heavy atom. The SMILES string of the molecule is Cc1ccc(-c2[nH]ncc2C(=O)NCC2CC2)cc1. The van der Waals surface area contributed by atoms with Gasteiger partial charge in [-0.25, -0.2) is 0 Å². The van der Waals surface area contributed by atoms with E-state index in [0.29, 0.717) is 11.5 Å². The van der Waals surface area contributed by atoms with Gasteiger partial charge in [-0.2, -0.15) is 5.10 Å². The molecule has 98 valence electrons. The number of hydrogen-bond donors (Lipinski definition) is 2. The average molecular weight is 255 g/mol. The van der Waals surface area contributed by atoms with Gasteiger partial charge >= 0.3 is 0 Å². The van der Waals surface area contributed by atoms with Crippen LogP contribution < -0.4 is 5.32 Å². The summed E-state index contributed by atoms with van der Waals surface area (Å²) in [6.45, 7) is 2.82. The highest BCUT2D eigenvalue weighted by Gasteiger charge is 2.23. The van der Waals surface area contributed by atoms with Crippen LogP contribution in [0.4, 0.5) is 0 Å². The fourth-order valence-corrected chi connectivity index (χ4v) is 2.05.